The van der Waals surface area contributed by atoms with E-state index in [-0.39, 0.29) is 6.04 Å². The Hall–Kier alpha value is -2.03. The van der Waals surface area contributed by atoms with Gasteiger partial charge in [-0.2, -0.15) is 0 Å². The predicted octanol–water partition coefficient (Wildman–Crippen LogP) is 2.80. The number of anilines is 2. The number of nitrogens with two attached hydrogens (primary N) is 1. The Morgan fingerprint density at radius 2 is 2.19 bits per heavy atom. The van der Waals surface area contributed by atoms with Crippen LogP contribution < -0.4 is 11.1 Å². The summed E-state index contributed by atoms with van der Waals surface area (Å²) in [7, 11) is 0. The molecule has 0 spiro atoms. The standard InChI is InChI=1S/C13H15N3/c1-3-9(2)15-13-7-4-10-8-11(14)5-6-12(10)16-13/h3-9H,1,14H2,2H3,(H,15,16). The number of hydrogen-bond donors (Lipinski definition) is 2. The molecule has 1 aromatic heterocycles. The zero-order valence-electron chi connectivity index (χ0n) is 9.27. The number of hydrogen-bond acceptors (Lipinski definition) is 3. The summed E-state index contributed by atoms with van der Waals surface area (Å²) in [6.07, 6.45) is 1.84. The summed E-state index contributed by atoms with van der Waals surface area (Å²) in [6.45, 7) is 5.75. The lowest BCUT2D eigenvalue weighted by Crippen LogP contribution is -2.12. The Bertz CT molecular complexity index is 520. The van der Waals surface area contributed by atoms with E-state index in [1.807, 2.05) is 43.3 Å². The first-order valence-corrected chi connectivity index (χ1v) is 5.24. The van der Waals surface area contributed by atoms with Crippen LogP contribution in [0.1, 0.15) is 6.92 Å². The Kier molecular flexibility index (Phi) is 2.77. The van der Waals surface area contributed by atoms with Crippen molar-refractivity contribution in [2.75, 3.05) is 11.1 Å². The molecule has 3 N–H and O–H groups in total. The summed E-state index contributed by atoms with van der Waals surface area (Å²) in [5.74, 6) is 0.852. The summed E-state index contributed by atoms with van der Waals surface area (Å²) in [6, 6.07) is 9.87. The number of pyridine rings is 1. The minimum absolute atomic E-state index is 0.207. The lowest BCUT2D eigenvalue weighted by Gasteiger charge is -2.10. The monoisotopic (exact) mass is 213 g/mol. The van der Waals surface area contributed by atoms with Crippen LogP contribution in [0.4, 0.5) is 11.5 Å². The van der Waals surface area contributed by atoms with Gasteiger partial charge in [0.1, 0.15) is 5.82 Å². The van der Waals surface area contributed by atoms with Crippen LogP contribution in [0.3, 0.4) is 0 Å². The van der Waals surface area contributed by atoms with Crippen molar-refractivity contribution >= 4 is 22.4 Å². The molecule has 0 aliphatic heterocycles. The lowest BCUT2D eigenvalue weighted by molar-refractivity contribution is 0.988. The Morgan fingerprint density at radius 1 is 1.38 bits per heavy atom. The molecule has 82 valence electrons. The third kappa shape index (κ3) is 2.14. The molecule has 0 saturated heterocycles. The summed E-state index contributed by atoms with van der Waals surface area (Å²) in [4.78, 5) is 4.49. The van der Waals surface area contributed by atoms with Gasteiger partial charge in [-0.1, -0.05) is 6.08 Å². The van der Waals surface area contributed by atoms with E-state index in [1.165, 1.54) is 0 Å². The molecule has 3 nitrogen and oxygen atoms in total. The highest BCUT2D eigenvalue weighted by Gasteiger charge is 2.00. The van der Waals surface area contributed by atoms with Crippen molar-refractivity contribution in [1.29, 1.82) is 0 Å². The molecule has 0 bridgehead atoms. The summed E-state index contributed by atoms with van der Waals surface area (Å²) < 4.78 is 0. The molecule has 0 saturated carbocycles. The minimum atomic E-state index is 0.207. The second kappa shape index (κ2) is 4.23. The average Bonchev–Trinajstić information content (AvgIpc) is 2.29. The number of nitrogen functional groups attached to an aromatic ring is 1. The zero-order chi connectivity index (χ0) is 11.5. The van der Waals surface area contributed by atoms with Crippen molar-refractivity contribution in [2.24, 2.45) is 0 Å². The Morgan fingerprint density at radius 3 is 2.94 bits per heavy atom. The molecule has 1 aromatic carbocycles. The van der Waals surface area contributed by atoms with Gasteiger partial charge in [0, 0.05) is 17.1 Å². The Labute approximate surface area is 95.0 Å². The summed E-state index contributed by atoms with van der Waals surface area (Å²) in [5, 5.41) is 4.29. The van der Waals surface area contributed by atoms with Crippen molar-refractivity contribution in [3.8, 4) is 0 Å². The van der Waals surface area contributed by atoms with Crippen LogP contribution in [-0.2, 0) is 0 Å². The van der Waals surface area contributed by atoms with Crippen LogP contribution in [-0.4, -0.2) is 11.0 Å². The number of nitrogens with zero attached hydrogens (tertiary/aromatic N) is 1. The van der Waals surface area contributed by atoms with Gasteiger partial charge in [-0.05, 0) is 37.3 Å². The average molecular weight is 213 g/mol. The maximum atomic E-state index is 5.71. The van der Waals surface area contributed by atoms with Crippen molar-refractivity contribution in [2.45, 2.75) is 13.0 Å². The molecule has 2 aromatic rings. The first-order chi connectivity index (χ1) is 7.69. The molecule has 1 unspecified atom stereocenters. The highest BCUT2D eigenvalue weighted by molar-refractivity contribution is 5.83. The third-order valence-corrected chi connectivity index (χ3v) is 2.44. The van der Waals surface area contributed by atoms with Crippen LogP contribution in [0, 0.1) is 0 Å². The van der Waals surface area contributed by atoms with E-state index in [0.29, 0.717) is 0 Å². The van der Waals surface area contributed by atoms with Gasteiger partial charge in [0.15, 0.2) is 0 Å². The molecule has 16 heavy (non-hydrogen) atoms. The molecule has 0 fully saturated rings. The largest absolute Gasteiger partial charge is 0.399 e. The molecular weight excluding hydrogens is 198 g/mol. The van der Waals surface area contributed by atoms with E-state index < -0.39 is 0 Å². The van der Waals surface area contributed by atoms with Crippen LogP contribution >= 0.6 is 0 Å². The van der Waals surface area contributed by atoms with Crippen LogP contribution in [0.2, 0.25) is 0 Å². The van der Waals surface area contributed by atoms with Crippen molar-refractivity contribution in [3.05, 3.63) is 43.0 Å². The molecular formula is C13H15N3. The number of benzene rings is 1. The van der Waals surface area contributed by atoms with Gasteiger partial charge in [0.2, 0.25) is 0 Å². The molecule has 3 heteroatoms. The fraction of sp³-hybridized carbons (Fsp3) is 0.154. The van der Waals surface area contributed by atoms with Crippen molar-refractivity contribution in [3.63, 3.8) is 0 Å². The fourth-order valence-electron chi connectivity index (χ4n) is 1.52. The smallest absolute Gasteiger partial charge is 0.127 e. The van der Waals surface area contributed by atoms with Gasteiger partial charge in [-0.15, -0.1) is 6.58 Å². The molecule has 0 amide bonds. The van der Waals surface area contributed by atoms with E-state index >= 15 is 0 Å². The van der Waals surface area contributed by atoms with E-state index in [1.54, 1.807) is 0 Å². The van der Waals surface area contributed by atoms with Gasteiger partial charge in [-0.3, -0.25) is 0 Å². The van der Waals surface area contributed by atoms with Crippen LogP contribution in [0.15, 0.2) is 43.0 Å². The normalized spacial score (nSPS) is 12.3. The van der Waals surface area contributed by atoms with Gasteiger partial charge in [0.05, 0.1) is 5.52 Å². The molecule has 2 rings (SSSR count). The Balaban J connectivity index is 2.36. The van der Waals surface area contributed by atoms with E-state index in [9.17, 15) is 0 Å². The van der Waals surface area contributed by atoms with Gasteiger partial charge in [-0.25, -0.2) is 4.98 Å². The predicted molar refractivity (Wildman–Crippen MR) is 69.4 cm³/mol. The van der Waals surface area contributed by atoms with Crippen molar-refractivity contribution in [1.82, 2.24) is 4.98 Å². The lowest BCUT2D eigenvalue weighted by atomic mass is 10.2. The van der Waals surface area contributed by atoms with E-state index in [4.69, 9.17) is 5.73 Å². The summed E-state index contributed by atoms with van der Waals surface area (Å²) >= 11 is 0. The number of rotatable bonds is 3. The van der Waals surface area contributed by atoms with Gasteiger partial charge in [0.25, 0.3) is 0 Å². The highest BCUT2D eigenvalue weighted by atomic mass is 15.0. The molecule has 0 radical (unpaired) electrons. The molecule has 1 atom stereocenters. The first kappa shape index (κ1) is 10.5. The van der Waals surface area contributed by atoms with Crippen LogP contribution in [0.5, 0.6) is 0 Å². The van der Waals surface area contributed by atoms with E-state index in [0.717, 1.165) is 22.4 Å². The van der Waals surface area contributed by atoms with Crippen molar-refractivity contribution < 1.29 is 0 Å². The quantitative estimate of drug-likeness (QED) is 0.609. The van der Waals surface area contributed by atoms with Gasteiger partial charge < -0.3 is 11.1 Å². The van der Waals surface area contributed by atoms with E-state index in [2.05, 4.69) is 16.9 Å². The maximum Gasteiger partial charge on any atom is 0.127 e. The number of nitrogens with one attached hydrogen (secondary N) is 1. The summed E-state index contributed by atoms with van der Waals surface area (Å²) in [5.41, 5.74) is 7.41. The molecule has 1 heterocycles. The fourth-order valence-corrected chi connectivity index (χ4v) is 1.52. The third-order valence-electron chi connectivity index (χ3n) is 2.44. The number of aromatic nitrogens is 1. The zero-order valence-corrected chi connectivity index (χ0v) is 9.27. The number of fused-ring (bicyclic) bond motifs is 1. The maximum absolute atomic E-state index is 5.71. The molecule has 0 aliphatic carbocycles. The topological polar surface area (TPSA) is 50.9 Å². The van der Waals surface area contributed by atoms with Gasteiger partial charge >= 0.3 is 0 Å². The SMILES string of the molecule is C=CC(C)Nc1ccc2cc(N)ccc2n1. The molecule has 0 aliphatic rings. The van der Waals surface area contributed by atoms with Crippen LogP contribution in [0.25, 0.3) is 10.9 Å². The minimum Gasteiger partial charge on any atom is -0.399 e. The first-order valence-electron chi connectivity index (χ1n) is 5.24. The highest BCUT2D eigenvalue weighted by Crippen LogP contribution is 2.18. The second-order valence-corrected chi connectivity index (χ2v) is 3.82. The second-order valence-electron chi connectivity index (χ2n) is 3.82.